The highest BCUT2D eigenvalue weighted by molar-refractivity contribution is 6.42. The molecule has 142 valence electrons. The standard InChI is InChI=1S/C19H19Cl2N3O3/c1-23(9-12-5-4-6-13(20)18(12)21)11-17(25)24-10-16(19(22)26)27-15-8-3-2-7-14(15)24/h2-8,16H,9-11H2,1H3,(H2,22,26)/t16-/m1/s1. The van der Waals surface area contributed by atoms with Crippen molar-refractivity contribution in [2.24, 2.45) is 5.73 Å². The lowest BCUT2D eigenvalue weighted by Gasteiger charge is -2.34. The number of fused-ring (bicyclic) bond motifs is 1. The summed E-state index contributed by atoms with van der Waals surface area (Å²) in [6, 6.07) is 12.5. The molecule has 2 amide bonds. The average Bonchev–Trinajstić information content (AvgIpc) is 2.64. The molecule has 0 fully saturated rings. The second-order valence-electron chi connectivity index (χ2n) is 6.37. The van der Waals surface area contributed by atoms with Crippen molar-refractivity contribution in [3.8, 4) is 5.75 Å². The minimum absolute atomic E-state index is 0.0803. The van der Waals surface area contributed by atoms with E-state index in [-0.39, 0.29) is 19.0 Å². The highest BCUT2D eigenvalue weighted by Gasteiger charge is 2.32. The number of ether oxygens (including phenoxy) is 1. The summed E-state index contributed by atoms with van der Waals surface area (Å²) >= 11 is 12.3. The van der Waals surface area contributed by atoms with Gasteiger partial charge in [0.05, 0.1) is 28.8 Å². The Balaban J connectivity index is 1.74. The topological polar surface area (TPSA) is 75.9 Å². The van der Waals surface area contributed by atoms with Crippen molar-refractivity contribution in [1.82, 2.24) is 4.90 Å². The first kappa shape index (κ1) is 19.5. The van der Waals surface area contributed by atoms with E-state index >= 15 is 0 Å². The van der Waals surface area contributed by atoms with E-state index in [1.807, 2.05) is 30.1 Å². The second-order valence-corrected chi connectivity index (χ2v) is 7.15. The summed E-state index contributed by atoms with van der Waals surface area (Å²) in [4.78, 5) is 27.8. The van der Waals surface area contributed by atoms with E-state index in [1.165, 1.54) is 4.90 Å². The molecule has 0 unspecified atom stereocenters. The summed E-state index contributed by atoms with van der Waals surface area (Å²) in [6.07, 6.45) is -0.878. The maximum atomic E-state index is 12.9. The number of hydrogen-bond acceptors (Lipinski definition) is 4. The quantitative estimate of drug-likeness (QED) is 0.826. The third-order valence-electron chi connectivity index (χ3n) is 4.27. The van der Waals surface area contributed by atoms with E-state index < -0.39 is 12.0 Å². The maximum absolute atomic E-state index is 12.9. The third kappa shape index (κ3) is 4.35. The van der Waals surface area contributed by atoms with Crippen molar-refractivity contribution >= 4 is 40.7 Å². The number of anilines is 1. The molecular formula is C19H19Cl2N3O3. The molecule has 2 N–H and O–H groups in total. The van der Waals surface area contributed by atoms with Crippen LogP contribution in [0, 0.1) is 0 Å². The van der Waals surface area contributed by atoms with Crippen LogP contribution in [0.5, 0.6) is 5.75 Å². The number of amides is 2. The fourth-order valence-corrected chi connectivity index (χ4v) is 3.33. The van der Waals surface area contributed by atoms with Gasteiger partial charge in [-0.2, -0.15) is 0 Å². The molecule has 0 aliphatic carbocycles. The average molecular weight is 408 g/mol. The van der Waals surface area contributed by atoms with Crippen LogP contribution in [0.15, 0.2) is 42.5 Å². The summed E-state index contributed by atoms with van der Waals surface area (Å²) < 4.78 is 5.59. The number of primary amides is 1. The summed E-state index contributed by atoms with van der Waals surface area (Å²) in [5, 5.41) is 0.948. The number of halogens is 2. The first-order valence-electron chi connectivity index (χ1n) is 8.33. The Labute approximate surface area is 167 Å². The maximum Gasteiger partial charge on any atom is 0.260 e. The Morgan fingerprint density at radius 2 is 1.96 bits per heavy atom. The number of para-hydroxylation sites is 2. The van der Waals surface area contributed by atoms with Crippen molar-refractivity contribution in [1.29, 1.82) is 0 Å². The van der Waals surface area contributed by atoms with Gasteiger partial charge < -0.3 is 15.4 Å². The summed E-state index contributed by atoms with van der Waals surface area (Å²) in [5.74, 6) is -0.319. The highest BCUT2D eigenvalue weighted by atomic mass is 35.5. The minimum Gasteiger partial charge on any atom is -0.477 e. The zero-order valence-electron chi connectivity index (χ0n) is 14.7. The molecule has 0 saturated carbocycles. The number of carbonyl (C=O) groups is 2. The van der Waals surface area contributed by atoms with Gasteiger partial charge >= 0.3 is 0 Å². The molecule has 1 aliphatic rings. The van der Waals surface area contributed by atoms with Gasteiger partial charge in [0.15, 0.2) is 6.10 Å². The van der Waals surface area contributed by atoms with Crippen LogP contribution in [0.3, 0.4) is 0 Å². The predicted molar refractivity (Wildman–Crippen MR) is 105 cm³/mol. The molecule has 3 rings (SSSR count). The van der Waals surface area contributed by atoms with Crippen LogP contribution in [-0.2, 0) is 16.1 Å². The molecule has 2 aromatic carbocycles. The molecule has 0 bridgehead atoms. The van der Waals surface area contributed by atoms with Crippen LogP contribution < -0.4 is 15.4 Å². The van der Waals surface area contributed by atoms with E-state index in [1.54, 1.807) is 24.3 Å². The van der Waals surface area contributed by atoms with Crippen LogP contribution in [-0.4, -0.2) is 43.0 Å². The minimum atomic E-state index is -0.878. The Kier molecular flexibility index (Phi) is 5.89. The number of rotatable bonds is 5. The lowest BCUT2D eigenvalue weighted by Crippen LogP contribution is -2.51. The van der Waals surface area contributed by atoms with Gasteiger partial charge in [0.1, 0.15) is 5.75 Å². The van der Waals surface area contributed by atoms with Gasteiger partial charge in [-0.15, -0.1) is 0 Å². The Morgan fingerprint density at radius 1 is 1.22 bits per heavy atom. The number of nitrogens with two attached hydrogens (primary N) is 1. The fourth-order valence-electron chi connectivity index (χ4n) is 2.95. The summed E-state index contributed by atoms with van der Waals surface area (Å²) in [6.45, 7) is 0.663. The number of benzene rings is 2. The van der Waals surface area contributed by atoms with Gasteiger partial charge in [-0.05, 0) is 30.8 Å². The Hall–Kier alpha value is -2.28. The Bertz CT molecular complexity index is 875. The number of nitrogens with zero attached hydrogens (tertiary/aromatic N) is 2. The molecule has 6 nitrogen and oxygen atoms in total. The van der Waals surface area contributed by atoms with E-state index in [2.05, 4.69) is 0 Å². The highest BCUT2D eigenvalue weighted by Crippen LogP contribution is 2.33. The normalized spacial score (nSPS) is 16.0. The molecular weight excluding hydrogens is 389 g/mol. The zero-order valence-corrected chi connectivity index (χ0v) is 16.2. The van der Waals surface area contributed by atoms with Crippen molar-refractivity contribution < 1.29 is 14.3 Å². The smallest absolute Gasteiger partial charge is 0.260 e. The molecule has 0 saturated heterocycles. The monoisotopic (exact) mass is 407 g/mol. The molecule has 0 radical (unpaired) electrons. The first-order chi connectivity index (χ1) is 12.9. The van der Waals surface area contributed by atoms with Crippen LogP contribution in [0.1, 0.15) is 5.56 Å². The molecule has 1 heterocycles. The number of hydrogen-bond donors (Lipinski definition) is 1. The molecule has 0 aromatic heterocycles. The molecule has 1 aliphatic heterocycles. The van der Waals surface area contributed by atoms with E-state index in [0.717, 1.165) is 5.56 Å². The van der Waals surface area contributed by atoms with Crippen molar-refractivity contribution in [3.05, 3.63) is 58.1 Å². The lowest BCUT2D eigenvalue weighted by atomic mass is 10.1. The van der Waals surface area contributed by atoms with Crippen molar-refractivity contribution in [2.75, 3.05) is 25.0 Å². The van der Waals surface area contributed by atoms with Crippen LogP contribution in [0.4, 0.5) is 5.69 Å². The van der Waals surface area contributed by atoms with E-state index in [9.17, 15) is 9.59 Å². The van der Waals surface area contributed by atoms with E-state index in [0.29, 0.717) is 28.0 Å². The SMILES string of the molecule is CN(CC(=O)N1C[C@H](C(N)=O)Oc2ccccc21)Cc1cccc(Cl)c1Cl. The van der Waals surface area contributed by atoms with Crippen molar-refractivity contribution in [2.45, 2.75) is 12.6 Å². The third-order valence-corrected chi connectivity index (χ3v) is 5.13. The largest absolute Gasteiger partial charge is 0.477 e. The Morgan fingerprint density at radius 3 is 2.70 bits per heavy atom. The zero-order chi connectivity index (χ0) is 19.6. The van der Waals surface area contributed by atoms with Gasteiger partial charge in [0.2, 0.25) is 5.91 Å². The molecule has 8 heteroatoms. The molecule has 2 aromatic rings. The van der Waals surface area contributed by atoms with Crippen molar-refractivity contribution in [3.63, 3.8) is 0 Å². The van der Waals surface area contributed by atoms with Gasteiger partial charge in [0.25, 0.3) is 5.91 Å². The first-order valence-corrected chi connectivity index (χ1v) is 9.09. The fraction of sp³-hybridized carbons (Fsp3) is 0.263. The molecule has 27 heavy (non-hydrogen) atoms. The second kappa shape index (κ2) is 8.17. The predicted octanol–water partition coefficient (Wildman–Crippen LogP) is 2.70. The van der Waals surface area contributed by atoms with E-state index in [4.69, 9.17) is 33.7 Å². The number of likely N-dealkylation sites (N-methyl/N-ethyl adjacent to an activating group) is 1. The van der Waals surface area contributed by atoms with Crippen LogP contribution >= 0.6 is 23.2 Å². The van der Waals surface area contributed by atoms with Crippen LogP contribution in [0.25, 0.3) is 0 Å². The lowest BCUT2D eigenvalue weighted by molar-refractivity contribution is -0.125. The van der Waals surface area contributed by atoms with Gasteiger partial charge in [0, 0.05) is 6.54 Å². The van der Waals surface area contributed by atoms with Crippen LogP contribution in [0.2, 0.25) is 10.0 Å². The molecule has 0 spiro atoms. The summed E-state index contributed by atoms with van der Waals surface area (Å²) in [7, 11) is 1.81. The summed E-state index contributed by atoms with van der Waals surface area (Å²) in [5.41, 5.74) is 6.83. The van der Waals surface area contributed by atoms with Gasteiger partial charge in [-0.3, -0.25) is 14.5 Å². The van der Waals surface area contributed by atoms with Gasteiger partial charge in [-0.1, -0.05) is 47.5 Å². The molecule has 1 atom stereocenters. The van der Waals surface area contributed by atoms with Gasteiger partial charge in [-0.25, -0.2) is 0 Å². The number of carbonyl (C=O) groups excluding carboxylic acids is 2.